The molecule has 2 N–H and O–H groups in total. The summed E-state index contributed by atoms with van der Waals surface area (Å²) in [7, 11) is 1.83. The second-order valence-corrected chi connectivity index (χ2v) is 8.16. The molecule has 162 valence electrons. The third kappa shape index (κ3) is 6.84. The number of carbonyl (C=O) groups is 1. The van der Waals surface area contributed by atoms with E-state index in [-0.39, 0.29) is 29.9 Å². The van der Waals surface area contributed by atoms with Gasteiger partial charge in [-0.1, -0.05) is 24.3 Å². The van der Waals surface area contributed by atoms with Gasteiger partial charge in [-0.3, -0.25) is 9.79 Å². The number of piperidine rings is 1. The number of benzene rings is 1. The molecular formula is C22H36IN5O. The number of hydrogen-bond donors (Lipinski definition) is 2. The Labute approximate surface area is 192 Å². The molecule has 0 bridgehead atoms. The molecular weight excluding hydrogens is 477 g/mol. The predicted molar refractivity (Wildman–Crippen MR) is 130 cm³/mol. The van der Waals surface area contributed by atoms with Gasteiger partial charge < -0.3 is 20.4 Å². The van der Waals surface area contributed by atoms with E-state index in [1.807, 2.05) is 11.9 Å². The topological polar surface area (TPSA) is 60.0 Å². The molecule has 0 aromatic heterocycles. The van der Waals surface area contributed by atoms with E-state index in [9.17, 15) is 4.79 Å². The highest BCUT2D eigenvalue weighted by Gasteiger charge is 2.22. The van der Waals surface area contributed by atoms with Crippen molar-refractivity contribution in [1.29, 1.82) is 0 Å². The van der Waals surface area contributed by atoms with Gasteiger partial charge in [0.2, 0.25) is 5.91 Å². The number of nitrogens with one attached hydrogen (secondary N) is 2. The van der Waals surface area contributed by atoms with Crippen LogP contribution in [0.15, 0.2) is 29.3 Å². The highest BCUT2D eigenvalue weighted by atomic mass is 127. The first-order chi connectivity index (χ1) is 13.6. The molecule has 2 heterocycles. The van der Waals surface area contributed by atoms with Crippen LogP contribution in [0.4, 0.5) is 0 Å². The van der Waals surface area contributed by atoms with Gasteiger partial charge in [-0.05, 0) is 44.2 Å². The van der Waals surface area contributed by atoms with Gasteiger partial charge in [0.1, 0.15) is 0 Å². The Bertz CT molecular complexity index is 686. The third-order valence-corrected chi connectivity index (χ3v) is 5.92. The first kappa shape index (κ1) is 23.9. The SMILES string of the molecule is CN=C(NCc1ccccc1CN1CCCC1=O)NC1CCN(C(C)C)CC1.I. The van der Waals surface area contributed by atoms with Crippen LogP contribution in [0.2, 0.25) is 0 Å². The molecule has 1 aromatic carbocycles. The number of guanidine groups is 1. The van der Waals surface area contributed by atoms with Gasteiger partial charge >= 0.3 is 0 Å². The summed E-state index contributed by atoms with van der Waals surface area (Å²) in [4.78, 5) is 20.9. The van der Waals surface area contributed by atoms with E-state index in [0.717, 1.165) is 44.9 Å². The summed E-state index contributed by atoms with van der Waals surface area (Å²) < 4.78 is 0. The molecule has 0 atom stereocenters. The molecule has 0 unspecified atom stereocenters. The average Bonchev–Trinajstić information content (AvgIpc) is 3.11. The Morgan fingerprint density at radius 3 is 2.45 bits per heavy atom. The van der Waals surface area contributed by atoms with Gasteiger partial charge in [0.05, 0.1) is 0 Å². The summed E-state index contributed by atoms with van der Waals surface area (Å²) in [5.41, 5.74) is 2.44. The van der Waals surface area contributed by atoms with Crippen molar-refractivity contribution in [3.63, 3.8) is 0 Å². The summed E-state index contributed by atoms with van der Waals surface area (Å²) in [6.07, 6.45) is 3.96. The number of likely N-dealkylation sites (tertiary alicyclic amines) is 2. The van der Waals surface area contributed by atoms with Gasteiger partial charge in [0.15, 0.2) is 5.96 Å². The Hall–Kier alpha value is -1.35. The number of rotatable bonds is 6. The zero-order chi connectivity index (χ0) is 19.9. The molecule has 0 radical (unpaired) electrons. The van der Waals surface area contributed by atoms with Crippen molar-refractivity contribution < 1.29 is 4.79 Å². The number of amides is 1. The van der Waals surface area contributed by atoms with Crippen LogP contribution >= 0.6 is 24.0 Å². The highest BCUT2D eigenvalue weighted by molar-refractivity contribution is 14.0. The van der Waals surface area contributed by atoms with Gasteiger partial charge in [-0.15, -0.1) is 24.0 Å². The molecule has 0 saturated carbocycles. The normalized spacial score (nSPS) is 18.8. The van der Waals surface area contributed by atoms with E-state index < -0.39 is 0 Å². The minimum Gasteiger partial charge on any atom is -0.354 e. The Morgan fingerprint density at radius 1 is 1.17 bits per heavy atom. The fourth-order valence-electron chi connectivity index (χ4n) is 4.09. The Kier molecular flexibility index (Phi) is 9.68. The summed E-state index contributed by atoms with van der Waals surface area (Å²) in [5, 5.41) is 7.05. The van der Waals surface area contributed by atoms with Crippen molar-refractivity contribution in [1.82, 2.24) is 20.4 Å². The maximum atomic E-state index is 12.0. The zero-order valence-electron chi connectivity index (χ0n) is 18.0. The maximum absolute atomic E-state index is 12.0. The predicted octanol–water partition coefficient (Wildman–Crippen LogP) is 2.96. The molecule has 6 nitrogen and oxygen atoms in total. The van der Waals surface area contributed by atoms with Crippen LogP contribution in [0, 0.1) is 0 Å². The maximum Gasteiger partial charge on any atom is 0.222 e. The van der Waals surface area contributed by atoms with Crippen molar-refractivity contribution in [2.75, 3.05) is 26.7 Å². The highest BCUT2D eigenvalue weighted by Crippen LogP contribution is 2.17. The molecule has 7 heteroatoms. The monoisotopic (exact) mass is 513 g/mol. The largest absolute Gasteiger partial charge is 0.354 e. The first-order valence-corrected chi connectivity index (χ1v) is 10.6. The van der Waals surface area contributed by atoms with E-state index in [0.29, 0.717) is 31.6 Å². The molecule has 0 aliphatic carbocycles. The second kappa shape index (κ2) is 11.7. The quantitative estimate of drug-likeness (QED) is 0.349. The smallest absolute Gasteiger partial charge is 0.222 e. The van der Waals surface area contributed by atoms with Crippen LogP contribution < -0.4 is 10.6 Å². The minimum atomic E-state index is 0. The number of nitrogens with zero attached hydrogens (tertiary/aromatic N) is 3. The van der Waals surface area contributed by atoms with Crippen LogP contribution in [0.5, 0.6) is 0 Å². The third-order valence-electron chi connectivity index (χ3n) is 5.92. The lowest BCUT2D eigenvalue weighted by molar-refractivity contribution is -0.128. The fourth-order valence-corrected chi connectivity index (χ4v) is 4.09. The first-order valence-electron chi connectivity index (χ1n) is 10.6. The lowest BCUT2D eigenvalue weighted by Gasteiger charge is -2.35. The Morgan fingerprint density at radius 2 is 1.86 bits per heavy atom. The summed E-state index contributed by atoms with van der Waals surface area (Å²) in [5.74, 6) is 1.13. The van der Waals surface area contributed by atoms with Crippen LogP contribution in [0.1, 0.15) is 50.7 Å². The van der Waals surface area contributed by atoms with Crippen molar-refractivity contribution in [2.24, 2.45) is 4.99 Å². The number of carbonyl (C=O) groups excluding carboxylic acids is 1. The summed E-state index contributed by atoms with van der Waals surface area (Å²) in [6.45, 7) is 9.10. The average molecular weight is 513 g/mol. The summed E-state index contributed by atoms with van der Waals surface area (Å²) in [6, 6.07) is 9.47. The number of aliphatic imine (C=N–C) groups is 1. The van der Waals surface area contributed by atoms with Gasteiger partial charge in [0.25, 0.3) is 0 Å². The molecule has 1 aromatic rings. The van der Waals surface area contributed by atoms with Crippen molar-refractivity contribution in [3.8, 4) is 0 Å². The second-order valence-electron chi connectivity index (χ2n) is 8.16. The minimum absolute atomic E-state index is 0. The van der Waals surface area contributed by atoms with Crippen molar-refractivity contribution in [3.05, 3.63) is 35.4 Å². The molecule has 1 amide bonds. The van der Waals surface area contributed by atoms with Crippen molar-refractivity contribution >= 4 is 35.8 Å². The standard InChI is InChI=1S/C22H35N5O.HI/c1-17(2)26-13-10-20(11-14-26)25-22(23-3)24-15-18-7-4-5-8-19(18)16-27-12-6-9-21(27)28;/h4-5,7-8,17,20H,6,9-16H2,1-3H3,(H2,23,24,25);1H. The van der Waals surface area contributed by atoms with Gasteiger partial charge in [-0.25, -0.2) is 0 Å². The van der Waals surface area contributed by atoms with E-state index in [2.05, 4.69) is 58.6 Å². The molecule has 2 saturated heterocycles. The molecule has 2 aliphatic heterocycles. The van der Waals surface area contributed by atoms with Gasteiger partial charge in [-0.2, -0.15) is 0 Å². The molecule has 29 heavy (non-hydrogen) atoms. The summed E-state index contributed by atoms with van der Waals surface area (Å²) >= 11 is 0. The fraction of sp³-hybridized carbons (Fsp3) is 0.636. The van der Waals surface area contributed by atoms with E-state index >= 15 is 0 Å². The number of halogens is 1. The van der Waals surface area contributed by atoms with Crippen molar-refractivity contribution in [2.45, 2.75) is 64.7 Å². The lowest BCUT2D eigenvalue weighted by atomic mass is 10.0. The molecule has 2 aliphatic rings. The molecule has 2 fully saturated rings. The van der Waals surface area contributed by atoms with Crippen LogP contribution in [0.3, 0.4) is 0 Å². The molecule has 3 rings (SSSR count). The van der Waals surface area contributed by atoms with Gasteiger partial charge in [0, 0.05) is 58.3 Å². The van der Waals surface area contributed by atoms with Crippen LogP contribution in [0.25, 0.3) is 0 Å². The molecule has 0 spiro atoms. The number of hydrogen-bond acceptors (Lipinski definition) is 3. The Balaban J connectivity index is 0.00000300. The van der Waals surface area contributed by atoms with E-state index in [1.165, 1.54) is 11.1 Å². The van der Waals surface area contributed by atoms with Crippen LogP contribution in [-0.4, -0.2) is 60.4 Å². The van der Waals surface area contributed by atoms with E-state index in [1.54, 1.807) is 0 Å². The zero-order valence-corrected chi connectivity index (χ0v) is 20.3. The van der Waals surface area contributed by atoms with Crippen LogP contribution in [-0.2, 0) is 17.9 Å². The lowest BCUT2D eigenvalue weighted by Crippen LogP contribution is -2.49. The van der Waals surface area contributed by atoms with E-state index in [4.69, 9.17) is 0 Å².